The molecule has 2 N–H and O–H groups in total. The third-order valence-electron chi connectivity index (χ3n) is 2.10. The van der Waals surface area contributed by atoms with Crippen molar-refractivity contribution in [2.75, 3.05) is 6.61 Å². The summed E-state index contributed by atoms with van der Waals surface area (Å²) in [7, 11) is 0. The number of alkyl halides is 3. The molecular weight excluding hydrogens is 245 g/mol. The number of aliphatic hydroxyl groups excluding tert-OH is 1. The van der Waals surface area contributed by atoms with Crippen LogP contribution in [0.2, 0.25) is 0 Å². The van der Waals surface area contributed by atoms with E-state index < -0.39 is 11.9 Å². The lowest BCUT2D eigenvalue weighted by atomic mass is 10.0. The van der Waals surface area contributed by atoms with Crippen molar-refractivity contribution in [3.8, 4) is 0 Å². The average molecular weight is 266 g/mol. The van der Waals surface area contributed by atoms with Crippen molar-refractivity contribution >= 4 is 5.71 Å². The van der Waals surface area contributed by atoms with E-state index in [2.05, 4.69) is 10.5 Å². The van der Waals surface area contributed by atoms with Crippen molar-refractivity contribution in [2.24, 2.45) is 11.0 Å². The summed E-state index contributed by atoms with van der Waals surface area (Å²) < 4.78 is 38.1. The standard InChI is InChI=1S/C12H21F3N2O/c1-8(2)16-17-11(12(13,14)15)6-9(3)5-10(4)7-18/h6,8,10,16,18H,5,7H2,1-4H3/b9-6+,17-11+/t10-/m0/s1. The van der Waals surface area contributed by atoms with E-state index >= 15 is 0 Å². The predicted octanol–water partition coefficient (Wildman–Crippen LogP) is 2.87. The number of nitrogens with one attached hydrogen (secondary N) is 1. The predicted molar refractivity (Wildman–Crippen MR) is 66.4 cm³/mol. The maximum absolute atomic E-state index is 12.7. The fraction of sp³-hybridized carbons (Fsp3) is 0.750. The van der Waals surface area contributed by atoms with Crippen LogP contribution in [0.5, 0.6) is 0 Å². The Labute approximate surface area is 106 Å². The van der Waals surface area contributed by atoms with E-state index in [1.54, 1.807) is 27.7 Å². The van der Waals surface area contributed by atoms with Gasteiger partial charge in [-0.25, -0.2) is 0 Å². The van der Waals surface area contributed by atoms with E-state index in [9.17, 15) is 13.2 Å². The van der Waals surface area contributed by atoms with Crippen LogP contribution >= 0.6 is 0 Å². The van der Waals surface area contributed by atoms with E-state index in [1.807, 2.05) is 0 Å². The maximum atomic E-state index is 12.7. The first kappa shape index (κ1) is 17.0. The highest BCUT2D eigenvalue weighted by molar-refractivity contribution is 5.99. The van der Waals surface area contributed by atoms with E-state index in [1.165, 1.54) is 0 Å². The summed E-state index contributed by atoms with van der Waals surface area (Å²) in [4.78, 5) is 0. The van der Waals surface area contributed by atoms with Crippen molar-refractivity contribution in [3.63, 3.8) is 0 Å². The van der Waals surface area contributed by atoms with Gasteiger partial charge in [0.1, 0.15) is 0 Å². The molecule has 0 aromatic heterocycles. The Morgan fingerprint density at radius 1 is 1.33 bits per heavy atom. The number of rotatable bonds is 6. The molecule has 0 heterocycles. The minimum atomic E-state index is -4.48. The molecule has 0 unspecified atom stereocenters. The summed E-state index contributed by atoms with van der Waals surface area (Å²) in [6.07, 6.45) is -3.06. The molecular formula is C12H21F3N2O. The van der Waals surface area contributed by atoms with Crippen molar-refractivity contribution < 1.29 is 18.3 Å². The second kappa shape index (κ2) is 7.41. The minimum Gasteiger partial charge on any atom is -0.396 e. The first-order valence-electron chi connectivity index (χ1n) is 5.85. The Bertz CT molecular complexity index is 309. The summed E-state index contributed by atoms with van der Waals surface area (Å²) in [5.41, 5.74) is 1.99. The third-order valence-corrected chi connectivity index (χ3v) is 2.10. The van der Waals surface area contributed by atoms with Gasteiger partial charge in [-0.05, 0) is 39.2 Å². The number of halogens is 3. The molecule has 0 aromatic rings. The Morgan fingerprint density at radius 3 is 2.28 bits per heavy atom. The molecule has 0 radical (unpaired) electrons. The van der Waals surface area contributed by atoms with E-state index in [0.717, 1.165) is 6.08 Å². The van der Waals surface area contributed by atoms with Crippen LogP contribution in [0.1, 0.15) is 34.1 Å². The normalized spacial score (nSPS) is 16.1. The van der Waals surface area contributed by atoms with Gasteiger partial charge in [-0.15, -0.1) is 0 Å². The van der Waals surface area contributed by atoms with Crippen LogP contribution in [0.15, 0.2) is 16.8 Å². The van der Waals surface area contributed by atoms with Crippen molar-refractivity contribution in [2.45, 2.75) is 46.3 Å². The lowest BCUT2D eigenvalue weighted by molar-refractivity contribution is -0.0582. The van der Waals surface area contributed by atoms with Crippen LogP contribution in [0.3, 0.4) is 0 Å². The summed E-state index contributed by atoms with van der Waals surface area (Å²) in [5, 5.41) is 12.2. The smallest absolute Gasteiger partial charge is 0.396 e. The van der Waals surface area contributed by atoms with Gasteiger partial charge in [-0.1, -0.05) is 12.5 Å². The molecule has 1 atom stereocenters. The highest BCUT2D eigenvalue weighted by atomic mass is 19.4. The van der Waals surface area contributed by atoms with Crippen LogP contribution in [-0.4, -0.2) is 29.6 Å². The Balaban J connectivity index is 4.89. The Hall–Kier alpha value is -1.04. The number of nitrogens with zero attached hydrogens (tertiary/aromatic N) is 1. The van der Waals surface area contributed by atoms with Crippen molar-refractivity contribution in [1.82, 2.24) is 5.43 Å². The van der Waals surface area contributed by atoms with E-state index in [-0.39, 0.29) is 18.6 Å². The Kier molecular flexibility index (Phi) is 6.98. The maximum Gasteiger partial charge on any atom is 0.435 e. The molecule has 0 amide bonds. The summed E-state index contributed by atoms with van der Waals surface area (Å²) in [5.74, 6) is -0.0613. The van der Waals surface area contributed by atoms with Gasteiger partial charge in [0, 0.05) is 12.6 Å². The van der Waals surface area contributed by atoms with Gasteiger partial charge in [0.2, 0.25) is 0 Å². The van der Waals surface area contributed by atoms with Crippen molar-refractivity contribution in [1.29, 1.82) is 0 Å². The summed E-state index contributed by atoms with van der Waals surface area (Å²) >= 11 is 0. The molecule has 18 heavy (non-hydrogen) atoms. The SMILES string of the molecule is C/C(=C\C(=N/NC(C)C)C(F)(F)F)C[C@H](C)CO. The summed E-state index contributed by atoms with van der Waals surface area (Å²) in [6.45, 7) is 6.74. The monoisotopic (exact) mass is 266 g/mol. The number of hydrogen-bond acceptors (Lipinski definition) is 3. The molecule has 3 nitrogen and oxygen atoms in total. The molecule has 0 rings (SSSR count). The number of aliphatic hydroxyl groups is 1. The molecule has 0 aliphatic heterocycles. The largest absolute Gasteiger partial charge is 0.435 e. The molecule has 0 fully saturated rings. The van der Waals surface area contributed by atoms with Gasteiger partial charge in [0.15, 0.2) is 5.71 Å². The van der Waals surface area contributed by atoms with Crippen LogP contribution in [0, 0.1) is 5.92 Å². The van der Waals surface area contributed by atoms with Crippen LogP contribution in [-0.2, 0) is 0 Å². The Morgan fingerprint density at radius 2 is 1.89 bits per heavy atom. The molecule has 0 aliphatic rings. The van der Waals surface area contributed by atoms with Gasteiger partial charge in [-0.3, -0.25) is 0 Å². The zero-order valence-electron chi connectivity index (χ0n) is 11.2. The summed E-state index contributed by atoms with van der Waals surface area (Å²) in [6, 6.07) is -0.160. The van der Waals surface area contributed by atoms with Gasteiger partial charge in [0.05, 0.1) is 0 Å². The lowest BCUT2D eigenvalue weighted by Gasteiger charge is -2.12. The molecule has 0 saturated carbocycles. The fourth-order valence-corrected chi connectivity index (χ4v) is 1.28. The first-order chi connectivity index (χ1) is 8.16. The van der Waals surface area contributed by atoms with E-state index in [0.29, 0.717) is 12.0 Å². The minimum absolute atomic E-state index is 0.0477. The quantitative estimate of drug-likeness (QED) is 0.573. The van der Waals surface area contributed by atoms with Gasteiger partial charge in [-0.2, -0.15) is 18.3 Å². The van der Waals surface area contributed by atoms with Gasteiger partial charge >= 0.3 is 6.18 Å². The van der Waals surface area contributed by atoms with Crippen LogP contribution in [0.25, 0.3) is 0 Å². The highest BCUT2D eigenvalue weighted by Gasteiger charge is 2.34. The average Bonchev–Trinajstić information content (AvgIpc) is 2.21. The zero-order valence-corrected chi connectivity index (χ0v) is 11.2. The molecule has 0 aromatic carbocycles. The van der Waals surface area contributed by atoms with Crippen molar-refractivity contribution in [3.05, 3.63) is 11.6 Å². The lowest BCUT2D eigenvalue weighted by Crippen LogP contribution is -2.27. The molecule has 6 heteroatoms. The van der Waals surface area contributed by atoms with Crippen LogP contribution in [0.4, 0.5) is 13.2 Å². The molecule has 0 spiro atoms. The zero-order chi connectivity index (χ0) is 14.3. The van der Waals surface area contributed by atoms with Crippen LogP contribution < -0.4 is 5.43 Å². The number of allylic oxidation sites excluding steroid dienone is 2. The van der Waals surface area contributed by atoms with Gasteiger partial charge in [0.25, 0.3) is 0 Å². The molecule has 106 valence electrons. The van der Waals surface area contributed by atoms with Gasteiger partial charge < -0.3 is 10.5 Å². The fourth-order valence-electron chi connectivity index (χ4n) is 1.28. The second-order valence-corrected chi connectivity index (χ2v) is 4.76. The number of hydrogen-bond donors (Lipinski definition) is 2. The molecule has 0 aliphatic carbocycles. The third kappa shape index (κ3) is 7.32. The highest BCUT2D eigenvalue weighted by Crippen LogP contribution is 2.20. The molecule has 0 bridgehead atoms. The van der Waals surface area contributed by atoms with E-state index in [4.69, 9.17) is 5.11 Å². The topological polar surface area (TPSA) is 44.6 Å². The number of hydrazone groups is 1. The second-order valence-electron chi connectivity index (χ2n) is 4.76. The molecule has 0 saturated heterocycles. The first-order valence-corrected chi connectivity index (χ1v) is 5.85.